The molecule has 3 nitrogen and oxygen atoms in total. The Morgan fingerprint density at radius 2 is 1.70 bits per heavy atom. The van der Waals surface area contributed by atoms with Crippen LogP contribution >= 0.6 is 0 Å². The van der Waals surface area contributed by atoms with Crippen molar-refractivity contribution >= 4 is 11.6 Å². The van der Waals surface area contributed by atoms with Crippen LogP contribution < -0.4 is 0 Å². The SMILES string of the molecule is CC(=O)CC(C)=O.[Ir].[c-]1ccccc1-c1ccccn1. The molecule has 1 aromatic heterocycles. The maximum Gasteiger partial charge on any atom is 0.137 e. The molecule has 0 aliphatic carbocycles. The Bertz CT molecular complexity index is 477. The number of hydrogen-bond donors (Lipinski definition) is 0. The maximum absolute atomic E-state index is 10.0. The summed E-state index contributed by atoms with van der Waals surface area (Å²) in [5.74, 6) is -0.125. The first-order chi connectivity index (χ1) is 9.09. The summed E-state index contributed by atoms with van der Waals surface area (Å²) in [6, 6.07) is 16.8. The number of carbonyl (C=O) groups excluding carboxylic acids is 2. The van der Waals surface area contributed by atoms with E-state index in [2.05, 4.69) is 11.1 Å². The molecule has 0 fully saturated rings. The summed E-state index contributed by atoms with van der Waals surface area (Å²) in [5, 5.41) is 0. The van der Waals surface area contributed by atoms with Gasteiger partial charge in [0.25, 0.3) is 0 Å². The number of ketones is 2. The van der Waals surface area contributed by atoms with Crippen molar-refractivity contribution in [2.75, 3.05) is 0 Å². The van der Waals surface area contributed by atoms with Gasteiger partial charge in [0.2, 0.25) is 0 Å². The van der Waals surface area contributed by atoms with Crippen LogP contribution in [0.5, 0.6) is 0 Å². The van der Waals surface area contributed by atoms with E-state index in [1.807, 2.05) is 42.5 Å². The Morgan fingerprint density at radius 1 is 1.05 bits per heavy atom. The van der Waals surface area contributed by atoms with Crippen molar-refractivity contribution in [3.8, 4) is 11.3 Å². The minimum atomic E-state index is -0.0625. The topological polar surface area (TPSA) is 47.0 Å². The first-order valence-corrected chi connectivity index (χ1v) is 5.96. The molecule has 0 saturated carbocycles. The molecule has 2 aromatic rings. The van der Waals surface area contributed by atoms with Crippen molar-refractivity contribution in [2.24, 2.45) is 0 Å². The van der Waals surface area contributed by atoms with Gasteiger partial charge < -0.3 is 4.98 Å². The van der Waals surface area contributed by atoms with Gasteiger partial charge in [0, 0.05) is 26.3 Å². The molecule has 1 heterocycles. The van der Waals surface area contributed by atoms with Crippen LogP contribution in [0.25, 0.3) is 11.3 Å². The quantitative estimate of drug-likeness (QED) is 0.538. The van der Waals surface area contributed by atoms with Gasteiger partial charge in [-0.2, -0.15) is 0 Å². The fraction of sp³-hybridized carbons (Fsp3) is 0.188. The number of hydrogen-bond acceptors (Lipinski definition) is 3. The molecule has 0 unspecified atom stereocenters. The van der Waals surface area contributed by atoms with E-state index in [0.717, 1.165) is 11.3 Å². The van der Waals surface area contributed by atoms with Gasteiger partial charge in [-0.1, -0.05) is 12.1 Å². The van der Waals surface area contributed by atoms with Crippen molar-refractivity contribution in [3.05, 3.63) is 54.7 Å². The zero-order valence-corrected chi connectivity index (χ0v) is 13.8. The molecule has 0 atom stereocenters. The molecule has 0 amide bonds. The third-order valence-corrected chi connectivity index (χ3v) is 2.15. The molecule has 0 saturated heterocycles. The number of Topliss-reactive ketones (excluding diaryl/α,β-unsaturated/α-hetero) is 2. The van der Waals surface area contributed by atoms with Crippen molar-refractivity contribution in [2.45, 2.75) is 20.3 Å². The summed E-state index contributed by atoms with van der Waals surface area (Å²) < 4.78 is 0. The largest absolute Gasteiger partial charge is 0.305 e. The maximum atomic E-state index is 10.0. The molecule has 0 N–H and O–H groups in total. The molecule has 4 heteroatoms. The summed E-state index contributed by atoms with van der Waals surface area (Å²) in [7, 11) is 0. The zero-order valence-electron chi connectivity index (χ0n) is 11.4. The Balaban J connectivity index is 0.000000396. The van der Waals surface area contributed by atoms with Gasteiger partial charge in [-0.25, -0.2) is 0 Å². The number of nitrogens with zero attached hydrogens (tertiary/aromatic N) is 1. The van der Waals surface area contributed by atoms with E-state index in [9.17, 15) is 9.59 Å². The third kappa shape index (κ3) is 7.72. The van der Waals surface area contributed by atoms with Crippen LogP contribution in [0.4, 0.5) is 0 Å². The van der Waals surface area contributed by atoms with Gasteiger partial charge in [0.05, 0.1) is 6.42 Å². The molecule has 1 radical (unpaired) electrons. The summed E-state index contributed by atoms with van der Waals surface area (Å²) in [5.41, 5.74) is 2.01. The van der Waals surface area contributed by atoms with Gasteiger partial charge in [0.15, 0.2) is 0 Å². The smallest absolute Gasteiger partial charge is 0.137 e. The van der Waals surface area contributed by atoms with Gasteiger partial charge in [-0.3, -0.25) is 9.59 Å². The molecule has 20 heavy (non-hydrogen) atoms. The summed E-state index contributed by atoms with van der Waals surface area (Å²) in [6.07, 6.45) is 1.87. The fourth-order valence-electron chi connectivity index (χ4n) is 1.43. The molecular weight excluding hydrogens is 430 g/mol. The van der Waals surface area contributed by atoms with Crippen LogP contribution in [0, 0.1) is 6.07 Å². The zero-order chi connectivity index (χ0) is 14.1. The van der Waals surface area contributed by atoms with E-state index in [-0.39, 0.29) is 38.1 Å². The second kappa shape index (κ2) is 10.2. The second-order valence-electron chi connectivity index (χ2n) is 4.07. The van der Waals surface area contributed by atoms with E-state index >= 15 is 0 Å². The monoisotopic (exact) mass is 447 g/mol. The molecule has 0 bridgehead atoms. The molecule has 0 aliphatic rings. The average molecular weight is 447 g/mol. The summed E-state index contributed by atoms with van der Waals surface area (Å²) >= 11 is 0. The van der Waals surface area contributed by atoms with Crippen LogP contribution in [-0.4, -0.2) is 16.6 Å². The molecular formula is C16H16IrNO2-. The number of benzene rings is 1. The molecule has 0 aliphatic heterocycles. The Labute approximate surface area is 132 Å². The van der Waals surface area contributed by atoms with E-state index in [0.29, 0.717) is 0 Å². The van der Waals surface area contributed by atoms with E-state index in [4.69, 9.17) is 0 Å². The number of pyridine rings is 1. The predicted molar refractivity (Wildman–Crippen MR) is 74.5 cm³/mol. The predicted octanol–water partition coefficient (Wildman–Crippen LogP) is 3.10. The molecule has 107 valence electrons. The minimum absolute atomic E-state index is 0. The van der Waals surface area contributed by atoms with Gasteiger partial charge in [-0.05, 0) is 25.6 Å². The van der Waals surface area contributed by atoms with Crippen LogP contribution in [0.2, 0.25) is 0 Å². The van der Waals surface area contributed by atoms with Gasteiger partial charge in [-0.15, -0.1) is 35.9 Å². The van der Waals surface area contributed by atoms with Crippen molar-refractivity contribution in [1.82, 2.24) is 4.98 Å². The minimum Gasteiger partial charge on any atom is -0.305 e. The molecule has 0 spiro atoms. The Morgan fingerprint density at radius 3 is 2.10 bits per heavy atom. The number of aromatic nitrogens is 1. The van der Waals surface area contributed by atoms with E-state index in [1.54, 1.807) is 6.20 Å². The fourth-order valence-corrected chi connectivity index (χ4v) is 1.43. The van der Waals surface area contributed by atoms with Gasteiger partial charge in [0.1, 0.15) is 11.6 Å². The average Bonchev–Trinajstić information content (AvgIpc) is 2.40. The van der Waals surface area contributed by atoms with Crippen LogP contribution in [0.1, 0.15) is 20.3 Å². The second-order valence-corrected chi connectivity index (χ2v) is 4.07. The molecule has 1 aromatic carbocycles. The standard InChI is InChI=1S/C11H8N.C5H8O2.Ir/c1-2-6-10(7-3-1)11-8-4-5-9-12-11;1-4(6)3-5(2)7;/h1-6,8-9H;3H2,1-2H3;/q-1;;. The van der Waals surface area contributed by atoms with Crippen molar-refractivity contribution < 1.29 is 29.7 Å². The Hall–Kier alpha value is -1.64. The van der Waals surface area contributed by atoms with Crippen LogP contribution in [0.3, 0.4) is 0 Å². The van der Waals surface area contributed by atoms with Crippen molar-refractivity contribution in [1.29, 1.82) is 0 Å². The van der Waals surface area contributed by atoms with Crippen LogP contribution in [-0.2, 0) is 29.7 Å². The normalized spacial score (nSPS) is 8.70. The Kier molecular flexibility index (Phi) is 9.35. The van der Waals surface area contributed by atoms with Crippen LogP contribution in [0.15, 0.2) is 48.7 Å². The third-order valence-electron chi connectivity index (χ3n) is 2.15. The van der Waals surface area contributed by atoms with E-state index in [1.165, 1.54) is 13.8 Å². The summed E-state index contributed by atoms with van der Waals surface area (Å²) in [4.78, 5) is 24.3. The van der Waals surface area contributed by atoms with Gasteiger partial charge >= 0.3 is 0 Å². The van der Waals surface area contributed by atoms with Crippen molar-refractivity contribution in [3.63, 3.8) is 0 Å². The first kappa shape index (κ1) is 18.4. The van der Waals surface area contributed by atoms with E-state index < -0.39 is 0 Å². The molecule has 2 rings (SSSR count). The number of carbonyl (C=O) groups is 2. The first-order valence-electron chi connectivity index (χ1n) is 5.96. The number of rotatable bonds is 3. The summed E-state index contributed by atoms with van der Waals surface area (Å²) in [6.45, 7) is 2.81.